The third-order valence-electron chi connectivity index (χ3n) is 7.68. The lowest BCUT2D eigenvalue weighted by molar-refractivity contribution is -0.120. The first-order valence-electron chi connectivity index (χ1n) is 12.9. The van der Waals surface area contributed by atoms with Gasteiger partial charge >= 0.3 is 0 Å². The van der Waals surface area contributed by atoms with Crippen LogP contribution in [0, 0.1) is 24.7 Å². The summed E-state index contributed by atoms with van der Waals surface area (Å²) >= 11 is 0. The number of aryl methyl sites for hydroxylation is 2. The maximum absolute atomic E-state index is 13.2. The largest absolute Gasteiger partial charge is 0.300 e. The molecule has 1 nitrogen and oxygen atoms in total. The number of benzene rings is 3. The van der Waals surface area contributed by atoms with Gasteiger partial charge in [-0.3, -0.25) is 4.79 Å². The molecule has 0 radical (unpaired) electrons. The monoisotopic (exact) mass is 484 g/mol. The molecular weight excluding hydrogens is 443 g/mol. The summed E-state index contributed by atoms with van der Waals surface area (Å²) in [6.07, 6.45) is 1.38. The van der Waals surface area contributed by atoms with Crippen molar-refractivity contribution in [3.8, 4) is 22.3 Å². The summed E-state index contributed by atoms with van der Waals surface area (Å²) in [5.74, 6) is 0.439. The second kappa shape index (κ2) is 9.67. The fraction of sp³-hybridized carbons (Fsp3) is 0.424. The molecule has 2 atom stereocenters. The Labute approximate surface area is 214 Å². The van der Waals surface area contributed by atoms with Gasteiger partial charge in [-0.15, -0.1) is 0 Å². The van der Waals surface area contributed by atoms with Crippen LogP contribution in [0.4, 0.5) is 0 Å². The Balaban J connectivity index is 2.11. The lowest BCUT2D eigenvalue weighted by Crippen LogP contribution is -2.44. The van der Waals surface area contributed by atoms with Crippen LogP contribution >= 0.6 is 7.92 Å². The molecule has 1 heterocycles. The normalized spacial score (nSPS) is 21.3. The summed E-state index contributed by atoms with van der Waals surface area (Å²) in [6.45, 7) is 18.5. The summed E-state index contributed by atoms with van der Waals surface area (Å²) in [7, 11) is -0.631. The van der Waals surface area contributed by atoms with E-state index in [0.29, 0.717) is 29.9 Å². The molecule has 0 aromatic heterocycles. The Hall–Kier alpha value is -2.24. The summed E-state index contributed by atoms with van der Waals surface area (Å²) in [4.78, 5) is 13.2. The second-order valence-electron chi connectivity index (χ2n) is 12.4. The quantitative estimate of drug-likeness (QED) is 0.339. The third-order valence-corrected chi connectivity index (χ3v) is 11.9. The summed E-state index contributed by atoms with van der Waals surface area (Å²) < 4.78 is 0. The van der Waals surface area contributed by atoms with E-state index in [1.165, 1.54) is 38.7 Å². The molecule has 0 aliphatic carbocycles. The Morgan fingerprint density at radius 2 is 0.971 bits per heavy atom. The maximum atomic E-state index is 13.2. The highest BCUT2D eigenvalue weighted by Gasteiger charge is 2.48. The smallest absolute Gasteiger partial charge is 0.134 e. The molecule has 0 bridgehead atoms. The van der Waals surface area contributed by atoms with Crippen molar-refractivity contribution in [1.29, 1.82) is 0 Å². The summed E-state index contributed by atoms with van der Waals surface area (Å²) in [5, 5.41) is 1.50. The van der Waals surface area contributed by atoms with Crippen molar-refractivity contribution in [3.63, 3.8) is 0 Å². The predicted octanol–water partition coefficient (Wildman–Crippen LogP) is 8.94. The van der Waals surface area contributed by atoms with Crippen LogP contribution in [0.1, 0.15) is 65.5 Å². The Bertz CT molecular complexity index is 1130. The van der Waals surface area contributed by atoms with Gasteiger partial charge in [-0.2, -0.15) is 0 Å². The van der Waals surface area contributed by atoms with Crippen LogP contribution in [0.25, 0.3) is 22.3 Å². The first-order chi connectivity index (χ1) is 16.4. The molecule has 0 amide bonds. The highest BCUT2D eigenvalue weighted by atomic mass is 31.1. The van der Waals surface area contributed by atoms with Gasteiger partial charge in [0, 0.05) is 12.8 Å². The molecule has 1 saturated heterocycles. The molecule has 1 fully saturated rings. The lowest BCUT2D eigenvalue weighted by atomic mass is 9.84. The van der Waals surface area contributed by atoms with E-state index < -0.39 is 7.92 Å². The van der Waals surface area contributed by atoms with Gasteiger partial charge in [0.25, 0.3) is 0 Å². The Kier molecular flexibility index (Phi) is 7.14. The van der Waals surface area contributed by atoms with E-state index >= 15 is 0 Å². The number of carbonyl (C=O) groups is 1. The minimum atomic E-state index is -0.631. The Morgan fingerprint density at radius 3 is 1.34 bits per heavy atom. The average molecular weight is 485 g/mol. The molecule has 35 heavy (non-hydrogen) atoms. The van der Waals surface area contributed by atoms with Gasteiger partial charge in [-0.05, 0) is 74.7 Å². The molecule has 1 aliphatic rings. The van der Waals surface area contributed by atoms with Crippen molar-refractivity contribution in [3.05, 3.63) is 77.9 Å². The SMILES string of the molecule is Cc1ccccc1-c1cccc(-c2ccccc2C)c1P1C(C(C)(C)C)CC(=O)CC1C(C)(C)C. The minimum absolute atomic E-state index is 0.0487. The molecule has 0 spiro atoms. The second-order valence-corrected chi connectivity index (χ2v) is 15.0. The predicted molar refractivity (Wildman–Crippen MR) is 154 cm³/mol. The van der Waals surface area contributed by atoms with E-state index in [0.717, 1.165) is 0 Å². The van der Waals surface area contributed by atoms with Crippen molar-refractivity contribution in [1.82, 2.24) is 0 Å². The number of hydrogen-bond donors (Lipinski definition) is 0. The molecule has 3 aromatic rings. The number of rotatable bonds is 3. The topological polar surface area (TPSA) is 17.1 Å². The zero-order valence-electron chi connectivity index (χ0n) is 22.8. The zero-order chi connectivity index (χ0) is 25.5. The van der Waals surface area contributed by atoms with Crippen molar-refractivity contribution >= 4 is 19.0 Å². The number of hydrogen-bond acceptors (Lipinski definition) is 1. The van der Waals surface area contributed by atoms with E-state index in [4.69, 9.17) is 0 Å². The van der Waals surface area contributed by atoms with E-state index in [2.05, 4.69) is 122 Å². The van der Waals surface area contributed by atoms with Crippen molar-refractivity contribution in [2.24, 2.45) is 10.8 Å². The first kappa shape index (κ1) is 25.8. The van der Waals surface area contributed by atoms with E-state index in [-0.39, 0.29) is 10.8 Å². The summed E-state index contributed by atoms with van der Waals surface area (Å²) in [6, 6.07) is 24.5. The maximum Gasteiger partial charge on any atom is 0.134 e. The molecular formula is C33H41OP. The fourth-order valence-corrected chi connectivity index (χ4v) is 10.2. The minimum Gasteiger partial charge on any atom is -0.300 e. The van der Waals surface area contributed by atoms with Gasteiger partial charge < -0.3 is 0 Å². The van der Waals surface area contributed by atoms with E-state index in [1.807, 2.05) is 0 Å². The molecule has 0 N–H and O–H groups in total. The van der Waals surface area contributed by atoms with Crippen LogP contribution in [-0.4, -0.2) is 17.1 Å². The third kappa shape index (κ3) is 5.17. The van der Waals surface area contributed by atoms with Gasteiger partial charge in [-0.25, -0.2) is 0 Å². The van der Waals surface area contributed by atoms with Crippen LogP contribution in [-0.2, 0) is 4.79 Å². The van der Waals surface area contributed by atoms with Crippen LogP contribution < -0.4 is 5.30 Å². The van der Waals surface area contributed by atoms with Crippen molar-refractivity contribution in [2.45, 2.75) is 79.5 Å². The van der Waals surface area contributed by atoms with E-state index in [1.54, 1.807) is 0 Å². The fourth-order valence-electron chi connectivity index (χ4n) is 5.69. The zero-order valence-corrected chi connectivity index (χ0v) is 23.7. The highest BCUT2D eigenvalue weighted by molar-refractivity contribution is 7.68. The molecule has 4 rings (SSSR count). The molecule has 0 saturated carbocycles. The number of carbonyl (C=O) groups excluding carboxylic acids is 1. The van der Waals surface area contributed by atoms with E-state index in [9.17, 15) is 4.79 Å². The Morgan fingerprint density at radius 1 is 0.600 bits per heavy atom. The molecule has 184 valence electrons. The van der Waals surface area contributed by atoms with Crippen LogP contribution in [0.2, 0.25) is 0 Å². The van der Waals surface area contributed by atoms with Gasteiger partial charge in [0.15, 0.2) is 0 Å². The molecule has 2 unspecified atom stereocenters. The average Bonchev–Trinajstić information content (AvgIpc) is 2.78. The van der Waals surface area contributed by atoms with Crippen LogP contribution in [0.3, 0.4) is 0 Å². The summed E-state index contributed by atoms with van der Waals surface area (Å²) in [5.41, 5.74) is 8.74. The van der Waals surface area contributed by atoms with Gasteiger partial charge in [0.1, 0.15) is 5.78 Å². The standard InChI is InChI=1S/C33H41OP/c1-22-14-9-11-16-25(22)27-18-13-19-28(26-17-12-10-15-23(26)2)31(27)35-29(32(3,4)5)20-24(34)21-30(35)33(6,7)8/h9-19,29-30H,20-21H2,1-8H3. The van der Waals surface area contributed by atoms with Gasteiger partial charge in [0.2, 0.25) is 0 Å². The molecule has 3 aromatic carbocycles. The van der Waals surface area contributed by atoms with Crippen molar-refractivity contribution < 1.29 is 4.79 Å². The first-order valence-corrected chi connectivity index (χ1v) is 14.4. The lowest BCUT2D eigenvalue weighted by Gasteiger charge is -2.50. The van der Waals surface area contributed by atoms with Crippen molar-refractivity contribution in [2.75, 3.05) is 0 Å². The van der Waals surface area contributed by atoms with Crippen LogP contribution in [0.5, 0.6) is 0 Å². The number of ketones is 1. The molecule has 1 aliphatic heterocycles. The van der Waals surface area contributed by atoms with Gasteiger partial charge in [0.05, 0.1) is 0 Å². The van der Waals surface area contributed by atoms with Crippen LogP contribution in [0.15, 0.2) is 66.7 Å². The van der Waals surface area contributed by atoms with Gasteiger partial charge in [-0.1, -0.05) is 116 Å². The number of Topliss-reactive ketones (excluding diaryl/α,β-unsaturated/α-hetero) is 1. The molecule has 2 heteroatoms. The highest BCUT2D eigenvalue weighted by Crippen LogP contribution is 2.63.